The first-order valence-electron chi connectivity index (χ1n) is 8.10. The fraction of sp³-hybridized carbons (Fsp3) is 0.368. The van der Waals surface area contributed by atoms with Crippen LogP contribution in [-0.4, -0.2) is 13.2 Å². The zero-order valence-electron chi connectivity index (χ0n) is 12.7. The summed E-state index contributed by atoms with van der Waals surface area (Å²) in [5.74, 6) is 1.73. The van der Waals surface area contributed by atoms with Crippen LogP contribution in [0.5, 0.6) is 11.5 Å². The smallest absolute Gasteiger partial charge is 0.161 e. The second-order valence-electron chi connectivity index (χ2n) is 6.00. The molecule has 0 aromatic heterocycles. The van der Waals surface area contributed by atoms with Gasteiger partial charge in [-0.3, -0.25) is 0 Å². The third-order valence-electron chi connectivity index (χ3n) is 4.53. The zero-order chi connectivity index (χ0) is 14.8. The van der Waals surface area contributed by atoms with Gasteiger partial charge in [0.25, 0.3) is 0 Å². The van der Waals surface area contributed by atoms with E-state index in [-0.39, 0.29) is 0 Å². The van der Waals surface area contributed by atoms with Crippen molar-refractivity contribution in [1.82, 2.24) is 5.32 Å². The maximum absolute atomic E-state index is 5.66. The maximum atomic E-state index is 5.66. The van der Waals surface area contributed by atoms with E-state index in [0.717, 1.165) is 18.0 Å². The summed E-state index contributed by atoms with van der Waals surface area (Å²) in [6, 6.07) is 15.5. The molecule has 1 heterocycles. The van der Waals surface area contributed by atoms with E-state index in [4.69, 9.17) is 9.47 Å². The SMILES string of the molecule is c1ccc2c(c1)CCCC2NCc1ccc2c(c1)OCCO2. The number of hydrogen-bond donors (Lipinski definition) is 1. The van der Waals surface area contributed by atoms with Crippen molar-refractivity contribution in [2.75, 3.05) is 13.2 Å². The van der Waals surface area contributed by atoms with Crippen molar-refractivity contribution < 1.29 is 9.47 Å². The Bertz CT molecular complexity index is 668. The van der Waals surface area contributed by atoms with Crippen molar-refractivity contribution in [1.29, 1.82) is 0 Å². The molecule has 0 fully saturated rings. The summed E-state index contributed by atoms with van der Waals surface area (Å²) >= 11 is 0. The predicted molar refractivity (Wildman–Crippen MR) is 86.4 cm³/mol. The average molecular weight is 295 g/mol. The van der Waals surface area contributed by atoms with Gasteiger partial charge in [-0.1, -0.05) is 30.3 Å². The van der Waals surface area contributed by atoms with Crippen LogP contribution in [0.1, 0.15) is 35.6 Å². The lowest BCUT2D eigenvalue weighted by Crippen LogP contribution is -2.25. The Morgan fingerprint density at radius 2 is 1.86 bits per heavy atom. The van der Waals surface area contributed by atoms with Gasteiger partial charge in [-0.05, 0) is 48.1 Å². The van der Waals surface area contributed by atoms with E-state index < -0.39 is 0 Å². The molecule has 3 heteroatoms. The first-order valence-corrected chi connectivity index (χ1v) is 8.10. The van der Waals surface area contributed by atoms with Crippen molar-refractivity contribution in [2.45, 2.75) is 31.8 Å². The number of benzene rings is 2. The molecule has 114 valence electrons. The number of hydrogen-bond acceptors (Lipinski definition) is 3. The lowest BCUT2D eigenvalue weighted by Gasteiger charge is -2.27. The molecule has 0 saturated carbocycles. The number of rotatable bonds is 3. The summed E-state index contributed by atoms with van der Waals surface area (Å²) < 4.78 is 11.2. The van der Waals surface area contributed by atoms with Crippen molar-refractivity contribution in [3.63, 3.8) is 0 Å². The minimum absolute atomic E-state index is 0.457. The van der Waals surface area contributed by atoms with Gasteiger partial charge in [0.05, 0.1) is 0 Å². The van der Waals surface area contributed by atoms with Crippen molar-refractivity contribution >= 4 is 0 Å². The molecule has 2 aliphatic rings. The van der Waals surface area contributed by atoms with Crippen molar-refractivity contribution in [3.8, 4) is 11.5 Å². The summed E-state index contributed by atoms with van der Waals surface area (Å²) in [5.41, 5.74) is 4.20. The Morgan fingerprint density at radius 3 is 2.82 bits per heavy atom. The molecule has 1 unspecified atom stereocenters. The van der Waals surface area contributed by atoms with Crippen LogP contribution in [0.15, 0.2) is 42.5 Å². The molecule has 0 saturated heterocycles. The van der Waals surface area contributed by atoms with Crippen LogP contribution < -0.4 is 14.8 Å². The third kappa shape index (κ3) is 2.69. The van der Waals surface area contributed by atoms with Gasteiger partial charge in [-0.25, -0.2) is 0 Å². The van der Waals surface area contributed by atoms with Crippen molar-refractivity contribution in [3.05, 3.63) is 59.2 Å². The van der Waals surface area contributed by atoms with Gasteiger partial charge in [0.2, 0.25) is 0 Å². The van der Waals surface area contributed by atoms with Gasteiger partial charge in [0, 0.05) is 12.6 Å². The topological polar surface area (TPSA) is 30.5 Å². The number of aryl methyl sites for hydroxylation is 1. The summed E-state index contributed by atoms with van der Waals surface area (Å²) in [7, 11) is 0. The van der Waals surface area contributed by atoms with E-state index in [1.165, 1.54) is 36.0 Å². The standard InChI is InChI=1S/C19H21NO2/c1-2-6-16-15(4-1)5-3-7-17(16)20-13-14-8-9-18-19(12-14)22-11-10-21-18/h1-2,4,6,8-9,12,17,20H,3,5,7,10-11,13H2. The molecule has 1 aliphatic heterocycles. The number of ether oxygens (including phenoxy) is 2. The Morgan fingerprint density at radius 1 is 1.00 bits per heavy atom. The predicted octanol–water partition coefficient (Wildman–Crippen LogP) is 3.63. The summed E-state index contributed by atoms with van der Waals surface area (Å²) in [4.78, 5) is 0. The minimum atomic E-state index is 0.457. The Hall–Kier alpha value is -2.00. The first kappa shape index (κ1) is 13.6. The van der Waals surface area contributed by atoms with Crippen LogP contribution in [0.4, 0.5) is 0 Å². The number of nitrogens with one attached hydrogen (secondary N) is 1. The van der Waals surface area contributed by atoms with Gasteiger partial charge < -0.3 is 14.8 Å². The van der Waals surface area contributed by atoms with Crippen LogP contribution >= 0.6 is 0 Å². The van der Waals surface area contributed by atoms with Crippen molar-refractivity contribution in [2.24, 2.45) is 0 Å². The van der Waals surface area contributed by atoms with Crippen LogP contribution in [0.3, 0.4) is 0 Å². The first-order chi connectivity index (χ1) is 10.9. The van der Waals surface area contributed by atoms with Gasteiger partial charge in [0.15, 0.2) is 11.5 Å². The second kappa shape index (κ2) is 6.01. The zero-order valence-corrected chi connectivity index (χ0v) is 12.7. The maximum Gasteiger partial charge on any atom is 0.161 e. The van der Waals surface area contributed by atoms with Gasteiger partial charge in [-0.15, -0.1) is 0 Å². The van der Waals surface area contributed by atoms with E-state index in [1.807, 2.05) is 6.07 Å². The Kier molecular flexibility index (Phi) is 3.73. The lowest BCUT2D eigenvalue weighted by atomic mass is 9.87. The van der Waals surface area contributed by atoms with E-state index in [9.17, 15) is 0 Å². The van der Waals surface area contributed by atoms with Crippen LogP contribution in [0, 0.1) is 0 Å². The highest BCUT2D eigenvalue weighted by Gasteiger charge is 2.19. The van der Waals surface area contributed by atoms with Gasteiger partial charge in [-0.2, -0.15) is 0 Å². The summed E-state index contributed by atoms with van der Waals surface area (Å²) in [5, 5.41) is 3.70. The quantitative estimate of drug-likeness (QED) is 0.938. The second-order valence-corrected chi connectivity index (χ2v) is 6.00. The molecule has 4 rings (SSSR count). The lowest BCUT2D eigenvalue weighted by molar-refractivity contribution is 0.171. The monoisotopic (exact) mass is 295 g/mol. The number of fused-ring (bicyclic) bond motifs is 2. The fourth-order valence-corrected chi connectivity index (χ4v) is 3.40. The molecule has 2 aromatic carbocycles. The van der Waals surface area contributed by atoms with E-state index >= 15 is 0 Å². The molecule has 3 nitrogen and oxygen atoms in total. The molecule has 1 N–H and O–H groups in total. The Balaban J connectivity index is 1.47. The summed E-state index contributed by atoms with van der Waals surface area (Å²) in [6.07, 6.45) is 3.68. The Labute approximate surface area is 131 Å². The van der Waals surface area contributed by atoms with Crippen LogP contribution in [-0.2, 0) is 13.0 Å². The van der Waals surface area contributed by atoms with Crippen LogP contribution in [0.25, 0.3) is 0 Å². The molecule has 0 amide bonds. The fourth-order valence-electron chi connectivity index (χ4n) is 3.40. The van der Waals surface area contributed by atoms with E-state index in [2.05, 4.69) is 41.7 Å². The molecular weight excluding hydrogens is 274 g/mol. The summed E-state index contributed by atoms with van der Waals surface area (Å²) in [6.45, 7) is 2.14. The normalized spacial score (nSPS) is 19.5. The molecule has 1 atom stereocenters. The molecule has 1 aliphatic carbocycles. The van der Waals surface area contributed by atoms with Gasteiger partial charge in [0.1, 0.15) is 13.2 Å². The molecule has 2 aromatic rings. The molecular formula is C19H21NO2. The largest absolute Gasteiger partial charge is 0.486 e. The average Bonchev–Trinajstić information content (AvgIpc) is 2.60. The molecule has 0 spiro atoms. The van der Waals surface area contributed by atoms with Gasteiger partial charge >= 0.3 is 0 Å². The minimum Gasteiger partial charge on any atom is -0.486 e. The molecule has 22 heavy (non-hydrogen) atoms. The highest BCUT2D eigenvalue weighted by atomic mass is 16.6. The van der Waals surface area contributed by atoms with Crippen LogP contribution in [0.2, 0.25) is 0 Å². The van der Waals surface area contributed by atoms with E-state index in [1.54, 1.807) is 0 Å². The van der Waals surface area contributed by atoms with E-state index in [0.29, 0.717) is 19.3 Å². The highest BCUT2D eigenvalue weighted by molar-refractivity contribution is 5.44. The molecule has 0 bridgehead atoms. The molecule has 0 radical (unpaired) electrons. The highest BCUT2D eigenvalue weighted by Crippen LogP contribution is 2.32. The third-order valence-corrected chi connectivity index (χ3v) is 4.53.